The van der Waals surface area contributed by atoms with E-state index in [0.717, 1.165) is 50.1 Å². The van der Waals surface area contributed by atoms with E-state index in [2.05, 4.69) is 79.2 Å². The van der Waals surface area contributed by atoms with Crippen LogP contribution in [0, 0.1) is 5.41 Å². The van der Waals surface area contributed by atoms with Crippen molar-refractivity contribution in [1.82, 2.24) is 14.9 Å². The molecule has 2 aromatic carbocycles. The van der Waals surface area contributed by atoms with Gasteiger partial charge in [0.1, 0.15) is 5.82 Å². The smallest absolute Gasteiger partial charge is 0.225 e. The summed E-state index contributed by atoms with van der Waals surface area (Å²) in [5.74, 6) is 1.27. The molecule has 1 aromatic heterocycles. The average molecular weight is 434 g/mol. The molecule has 0 unspecified atom stereocenters. The molecule has 0 atom stereocenters. The molecule has 0 bridgehead atoms. The second-order valence-corrected chi connectivity index (χ2v) is 10.9. The lowest BCUT2D eigenvalue weighted by molar-refractivity contribution is -0.128. The number of nitrogens with one attached hydrogen (secondary N) is 1. The number of imidazole rings is 1. The van der Waals surface area contributed by atoms with E-state index < -0.39 is 0 Å². The highest BCUT2D eigenvalue weighted by molar-refractivity contribution is 5.81. The molecule has 3 rings (SSSR count). The minimum Gasteiger partial charge on any atom is -0.356 e. The first-order valence-corrected chi connectivity index (χ1v) is 11.9. The zero-order valence-electron chi connectivity index (χ0n) is 20.7. The van der Waals surface area contributed by atoms with Crippen molar-refractivity contribution in [2.75, 3.05) is 6.54 Å². The Morgan fingerprint density at radius 3 is 2.25 bits per heavy atom. The van der Waals surface area contributed by atoms with Gasteiger partial charge in [-0.2, -0.15) is 0 Å². The number of hydrogen-bond donors (Lipinski definition) is 1. The number of fused-ring (bicyclic) bond motifs is 1. The molecule has 0 saturated carbocycles. The fourth-order valence-corrected chi connectivity index (χ4v) is 3.84. The minimum absolute atomic E-state index is 0.122. The largest absolute Gasteiger partial charge is 0.356 e. The van der Waals surface area contributed by atoms with Crippen LogP contribution in [0.3, 0.4) is 0 Å². The van der Waals surface area contributed by atoms with Gasteiger partial charge in [0, 0.05) is 24.9 Å². The standard InChI is InChI=1S/C28H39N3O/c1-27(2,3)22-17-15-21(16-18-22)20-31-24-13-10-9-12-23(24)30-25(31)14-8-7-11-19-29-26(32)28(4,5)6/h9-10,12-13,15-18H,7-8,11,14,19-20H2,1-6H3,(H,29,32). The fraction of sp³-hybridized carbons (Fsp3) is 0.500. The zero-order valence-corrected chi connectivity index (χ0v) is 20.7. The summed E-state index contributed by atoms with van der Waals surface area (Å²) in [5, 5.41) is 3.04. The molecule has 4 heteroatoms. The van der Waals surface area contributed by atoms with Crippen molar-refractivity contribution < 1.29 is 4.79 Å². The van der Waals surface area contributed by atoms with Crippen molar-refractivity contribution in [2.24, 2.45) is 5.41 Å². The molecule has 32 heavy (non-hydrogen) atoms. The Morgan fingerprint density at radius 1 is 0.906 bits per heavy atom. The number of carbonyl (C=O) groups excluding carboxylic acids is 1. The topological polar surface area (TPSA) is 46.9 Å². The van der Waals surface area contributed by atoms with Crippen molar-refractivity contribution in [2.45, 2.75) is 79.2 Å². The Balaban J connectivity index is 1.64. The molecule has 1 N–H and O–H groups in total. The van der Waals surface area contributed by atoms with Crippen molar-refractivity contribution in [3.63, 3.8) is 0 Å². The maximum atomic E-state index is 12.0. The van der Waals surface area contributed by atoms with E-state index in [9.17, 15) is 4.79 Å². The normalized spacial score (nSPS) is 12.3. The highest BCUT2D eigenvalue weighted by Gasteiger charge is 2.20. The lowest BCUT2D eigenvalue weighted by Gasteiger charge is -2.19. The van der Waals surface area contributed by atoms with Gasteiger partial charge in [-0.05, 0) is 41.5 Å². The van der Waals surface area contributed by atoms with Gasteiger partial charge >= 0.3 is 0 Å². The number of aryl methyl sites for hydroxylation is 1. The van der Waals surface area contributed by atoms with Crippen molar-refractivity contribution in [3.8, 4) is 0 Å². The number of rotatable bonds is 8. The van der Waals surface area contributed by atoms with Gasteiger partial charge in [-0.3, -0.25) is 4.79 Å². The predicted octanol–water partition coefficient (Wildman–Crippen LogP) is 6.26. The quantitative estimate of drug-likeness (QED) is 0.426. The SMILES string of the molecule is CC(C)(C)C(=O)NCCCCCc1nc2ccccc2n1Cc1ccc(C(C)(C)C)cc1. The summed E-state index contributed by atoms with van der Waals surface area (Å²) in [6.45, 7) is 14.2. The summed E-state index contributed by atoms with van der Waals surface area (Å²) >= 11 is 0. The lowest BCUT2D eigenvalue weighted by Crippen LogP contribution is -2.35. The van der Waals surface area contributed by atoms with Crippen LogP contribution in [0.2, 0.25) is 0 Å². The summed E-state index contributed by atoms with van der Waals surface area (Å²) < 4.78 is 2.36. The third-order valence-electron chi connectivity index (χ3n) is 5.94. The first-order chi connectivity index (χ1) is 15.1. The molecule has 0 aliphatic carbocycles. The monoisotopic (exact) mass is 433 g/mol. The van der Waals surface area contributed by atoms with Gasteiger partial charge in [0.05, 0.1) is 11.0 Å². The molecular formula is C28H39N3O. The van der Waals surface area contributed by atoms with Crippen LogP contribution >= 0.6 is 0 Å². The number of unbranched alkanes of at least 4 members (excludes halogenated alkanes) is 2. The molecule has 0 aliphatic heterocycles. The second-order valence-electron chi connectivity index (χ2n) is 10.9. The number of para-hydroxylation sites is 2. The van der Waals surface area contributed by atoms with Gasteiger partial charge < -0.3 is 9.88 Å². The van der Waals surface area contributed by atoms with E-state index in [-0.39, 0.29) is 16.7 Å². The number of aromatic nitrogens is 2. The molecule has 0 radical (unpaired) electrons. The van der Waals surface area contributed by atoms with Crippen LogP contribution in [-0.2, 0) is 23.2 Å². The van der Waals surface area contributed by atoms with E-state index in [0.29, 0.717) is 0 Å². The third kappa shape index (κ3) is 6.21. The van der Waals surface area contributed by atoms with Crippen LogP contribution in [0.15, 0.2) is 48.5 Å². The van der Waals surface area contributed by atoms with E-state index in [1.165, 1.54) is 16.6 Å². The summed E-state index contributed by atoms with van der Waals surface area (Å²) in [5.41, 5.74) is 4.75. The number of carbonyl (C=O) groups is 1. The molecule has 1 heterocycles. The van der Waals surface area contributed by atoms with Crippen LogP contribution in [0.5, 0.6) is 0 Å². The molecule has 0 spiro atoms. The molecular weight excluding hydrogens is 394 g/mol. The maximum absolute atomic E-state index is 12.0. The van der Waals surface area contributed by atoms with Gasteiger partial charge in [-0.15, -0.1) is 0 Å². The van der Waals surface area contributed by atoms with E-state index in [4.69, 9.17) is 4.98 Å². The maximum Gasteiger partial charge on any atom is 0.225 e. The highest BCUT2D eigenvalue weighted by Crippen LogP contribution is 2.24. The fourth-order valence-electron chi connectivity index (χ4n) is 3.84. The summed E-state index contributed by atoms with van der Waals surface area (Å²) in [7, 11) is 0. The van der Waals surface area contributed by atoms with Gasteiger partial charge in [-0.25, -0.2) is 4.98 Å². The summed E-state index contributed by atoms with van der Waals surface area (Å²) in [6.07, 6.45) is 4.09. The van der Waals surface area contributed by atoms with Crippen molar-refractivity contribution in [3.05, 3.63) is 65.5 Å². The Bertz CT molecular complexity index is 1030. The predicted molar refractivity (Wildman–Crippen MR) is 134 cm³/mol. The Hall–Kier alpha value is -2.62. The van der Waals surface area contributed by atoms with Gasteiger partial charge in [0.25, 0.3) is 0 Å². The average Bonchev–Trinajstić information content (AvgIpc) is 3.07. The van der Waals surface area contributed by atoms with E-state index >= 15 is 0 Å². The second kappa shape index (κ2) is 9.89. The number of amides is 1. The van der Waals surface area contributed by atoms with Gasteiger partial charge in [0.15, 0.2) is 0 Å². The minimum atomic E-state index is -0.323. The zero-order chi connectivity index (χ0) is 23.4. The van der Waals surface area contributed by atoms with Crippen LogP contribution in [0.1, 0.15) is 77.8 Å². The summed E-state index contributed by atoms with van der Waals surface area (Å²) in [6, 6.07) is 17.4. The van der Waals surface area contributed by atoms with Crippen LogP contribution in [0.25, 0.3) is 11.0 Å². The lowest BCUT2D eigenvalue weighted by atomic mass is 9.87. The van der Waals surface area contributed by atoms with Crippen molar-refractivity contribution in [1.29, 1.82) is 0 Å². The van der Waals surface area contributed by atoms with Gasteiger partial charge in [-0.1, -0.05) is 84.4 Å². The molecule has 0 aliphatic rings. The van der Waals surface area contributed by atoms with E-state index in [1.54, 1.807) is 0 Å². The highest BCUT2D eigenvalue weighted by atomic mass is 16.2. The summed E-state index contributed by atoms with van der Waals surface area (Å²) in [4.78, 5) is 16.9. The third-order valence-corrected chi connectivity index (χ3v) is 5.94. The molecule has 172 valence electrons. The molecule has 3 aromatic rings. The number of nitrogens with zero attached hydrogens (tertiary/aromatic N) is 2. The van der Waals surface area contributed by atoms with Crippen LogP contribution in [-0.4, -0.2) is 22.0 Å². The Kier molecular flexibility index (Phi) is 7.43. The van der Waals surface area contributed by atoms with E-state index in [1.807, 2.05) is 20.8 Å². The molecule has 0 fully saturated rings. The van der Waals surface area contributed by atoms with Crippen LogP contribution in [0.4, 0.5) is 0 Å². The molecule has 1 amide bonds. The Morgan fingerprint density at radius 2 is 1.59 bits per heavy atom. The number of benzene rings is 2. The number of hydrogen-bond acceptors (Lipinski definition) is 2. The Labute approximate surface area is 193 Å². The van der Waals surface area contributed by atoms with Crippen molar-refractivity contribution >= 4 is 16.9 Å². The van der Waals surface area contributed by atoms with Gasteiger partial charge in [0.2, 0.25) is 5.91 Å². The molecule has 4 nitrogen and oxygen atoms in total. The molecule has 0 saturated heterocycles. The first-order valence-electron chi connectivity index (χ1n) is 11.9. The first kappa shape index (κ1) is 24.0. The van der Waals surface area contributed by atoms with Crippen LogP contribution < -0.4 is 5.32 Å².